The molecular formula is C15H24N4O. The third kappa shape index (κ3) is 2.44. The van der Waals surface area contributed by atoms with Crippen LogP contribution >= 0.6 is 0 Å². The number of nitrogens with two attached hydrogens (primary N) is 1. The Labute approximate surface area is 120 Å². The van der Waals surface area contributed by atoms with Crippen LogP contribution in [0, 0.1) is 13.8 Å². The van der Waals surface area contributed by atoms with Crippen LogP contribution in [0.2, 0.25) is 0 Å². The SMILES string of the molecule is CCC1CCC(C)N1c1nc(C)cc(C)c1/C(N)=N/O. The maximum absolute atomic E-state index is 9.05. The third-order valence-electron chi connectivity index (χ3n) is 4.19. The molecule has 5 heteroatoms. The van der Waals surface area contributed by atoms with Gasteiger partial charge in [-0.2, -0.15) is 0 Å². The highest BCUT2D eigenvalue weighted by Gasteiger charge is 2.33. The summed E-state index contributed by atoms with van der Waals surface area (Å²) in [4.78, 5) is 7.03. The maximum atomic E-state index is 9.05. The number of hydrogen-bond acceptors (Lipinski definition) is 4. The number of nitrogens with zero attached hydrogens (tertiary/aromatic N) is 3. The summed E-state index contributed by atoms with van der Waals surface area (Å²) in [5.74, 6) is 0.994. The van der Waals surface area contributed by atoms with E-state index in [2.05, 4.69) is 28.9 Å². The lowest BCUT2D eigenvalue weighted by atomic mass is 10.1. The van der Waals surface area contributed by atoms with Gasteiger partial charge >= 0.3 is 0 Å². The van der Waals surface area contributed by atoms with Gasteiger partial charge in [-0.25, -0.2) is 4.98 Å². The van der Waals surface area contributed by atoms with Crippen molar-refractivity contribution in [3.63, 3.8) is 0 Å². The third-order valence-corrected chi connectivity index (χ3v) is 4.19. The molecule has 20 heavy (non-hydrogen) atoms. The molecule has 0 saturated carbocycles. The van der Waals surface area contributed by atoms with Gasteiger partial charge in [0.15, 0.2) is 5.84 Å². The molecule has 0 spiro atoms. The minimum Gasteiger partial charge on any atom is -0.409 e. The minimum absolute atomic E-state index is 0.138. The molecule has 2 atom stereocenters. The summed E-state index contributed by atoms with van der Waals surface area (Å²) >= 11 is 0. The average molecular weight is 276 g/mol. The molecule has 0 radical (unpaired) electrons. The van der Waals surface area contributed by atoms with E-state index in [1.54, 1.807) is 0 Å². The van der Waals surface area contributed by atoms with Crippen LogP contribution in [-0.4, -0.2) is 28.1 Å². The Morgan fingerprint density at radius 1 is 1.50 bits per heavy atom. The van der Waals surface area contributed by atoms with E-state index in [9.17, 15) is 0 Å². The number of hydrogen-bond donors (Lipinski definition) is 2. The first-order chi connectivity index (χ1) is 9.49. The van der Waals surface area contributed by atoms with Crippen LogP contribution in [0.3, 0.4) is 0 Å². The number of aryl methyl sites for hydroxylation is 2. The largest absolute Gasteiger partial charge is 0.409 e. The molecule has 0 aliphatic carbocycles. The Balaban J connectivity index is 2.60. The molecule has 1 aliphatic heterocycles. The zero-order valence-corrected chi connectivity index (χ0v) is 12.7. The van der Waals surface area contributed by atoms with E-state index < -0.39 is 0 Å². The van der Waals surface area contributed by atoms with Crippen LogP contribution in [0.1, 0.15) is 49.9 Å². The standard InChI is InChI=1S/C15H24N4O/c1-5-12-7-6-11(4)19(12)15-13(14(16)18-20)9(2)8-10(3)17-15/h8,11-12,20H,5-7H2,1-4H3,(H2,16,18). The first-order valence-electron chi connectivity index (χ1n) is 7.24. The summed E-state index contributed by atoms with van der Waals surface area (Å²) in [5, 5.41) is 12.2. The van der Waals surface area contributed by atoms with Gasteiger partial charge in [0.05, 0.1) is 5.56 Å². The number of amidine groups is 1. The Bertz CT molecular complexity index is 527. The molecule has 1 aliphatic rings. The van der Waals surface area contributed by atoms with Crippen LogP contribution in [0.5, 0.6) is 0 Å². The number of aromatic nitrogens is 1. The van der Waals surface area contributed by atoms with Crippen molar-refractivity contribution in [1.82, 2.24) is 4.98 Å². The molecule has 1 saturated heterocycles. The van der Waals surface area contributed by atoms with E-state index in [4.69, 9.17) is 10.9 Å². The lowest BCUT2D eigenvalue weighted by Crippen LogP contribution is -2.37. The van der Waals surface area contributed by atoms with Gasteiger partial charge in [-0.05, 0) is 51.7 Å². The van der Waals surface area contributed by atoms with Gasteiger partial charge in [-0.1, -0.05) is 12.1 Å². The number of anilines is 1. The molecule has 0 amide bonds. The zero-order chi connectivity index (χ0) is 14.9. The van der Waals surface area contributed by atoms with Gasteiger partial charge < -0.3 is 15.8 Å². The molecule has 2 rings (SSSR count). The molecule has 2 unspecified atom stereocenters. The monoisotopic (exact) mass is 276 g/mol. The molecular weight excluding hydrogens is 252 g/mol. The highest BCUT2D eigenvalue weighted by molar-refractivity contribution is 6.03. The summed E-state index contributed by atoms with van der Waals surface area (Å²) in [7, 11) is 0. The molecule has 1 aromatic heterocycles. The van der Waals surface area contributed by atoms with E-state index in [0.29, 0.717) is 12.1 Å². The molecule has 0 bridgehead atoms. The summed E-state index contributed by atoms with van der Waals surface area (Å²) in [6.07, 6.45) is 3.40. The predicted molar refractivity (Wildman–Crippen MR) is 81.5 cm³/mol. The summed E-state index contributed by atoms with van der Waals surface area (Å²) in [5.41, 5.74) is 8.59. The van der Waals surface area contributed by atoms with Crippen molar-refractivity contribution in [1.29, 1.82) is 0 Å². The van der Waals surface area contributed by atoms with Gasteiger partial charge in [0.25, 0.3) is 0 Å². The van der Waals surface area contributed by atoms with Gasteiger partial charge in [-0.3, -0.25) is 0 Å². The fourth-order valence-corrected chi connectivity index (χ4v) is 3.22. The van der Waals surface area contributed by atoms with Crippen LogP contribution in [-0.2, 0) is 0 Å². The van der Waals surface area contributed by atoms with Crippen LogP contribution < -0.4 is 10.6 Å². The fraction of sp³-hybridized carbons (Fsp3) is 0.600. The van der Waals surface area contributed by atoms with Crippen LogP contribution in [0.25, 0.3) is 0 Å². The van der Waals surface area contributed by atoms with Crippen LogP contribution in [0.15, 0.2) is 11.2 Å². The summed E-state index contributed by atoms with van der Waals surface area (Å²) in [6.45, 7) is 8.37. The number of rotatable bonds is 3. The normalized spacial score (nSPS) is 23.4. The zero-order valence-electron chi connectivity index (χ0n) is 12.7. The van der Waals surface area contributed by atoms with Crippen molar-refractivity contribution in [3.05, 3.63) is 22.9 Å². The van der Waals surface area contributed by atoms with Crippen molar-refractivity contribution in [3.8, 4) is 0 Å². The number of pyridine rings is 1. The molecule has 3 N–H and O–H groups in total. The average Bonchev–Trinajstić information content (AvgIpc) is 2.78. The topological polar surface area (TPSA) is 74.7 Å². The molecule has 2 heterocycles. The van der Waals surface area contributed by atoms with Crippen molar-refractivity contribution >= 4 is 11.7 Å². The second kappa shape index (κ2) is 5.69. The van der Waals surface area contributed by atoms with E-state index in [0.717, 1.165) is 35.5 Å². The predicted octanol–water partition coefficient (Wildman–Crippen LogP) is 2.56. The van der Waals surface area contributed by atoms with Crippen molar-refractivity contribution in [2.75, 3.05) is 4.90 Å². The maximum Gasteiger partial charge on any atom is 0.174 e. The highest BCUT2D eigenvalue weighted by atomic mass is 16.4. The van der Waals surface area contributed by atoms with Crippen molar-refractivity contribution < 1.29 is 5.21 Å². The summed E-state index contributed by atoms with van der Waals surface area (Å²) in [6, 6.07) is 2.88. The Kier molecular flexibility index (Phi) is 4.16. The molecule has 1 fully saturated rings. The van der Waals surface area contributed by atoms with Crippen molar-refractivity contribution in [2.24, 2.45) is 10.9 Å². The second-order valence-electron chi connectivity index (χ2n) is 5.66. The molecule has 5 nitrogen and oxygen atoms in total. The van der Waals surface area contributed by atoms with E-state index in [1.807, 2.05) is 19.9 Å². The molecule has 1 aromatic rings. The Hall–Kier alpha value is -1.78. The minimum atomic E-state index is 0.138. The molecule has 110 valence electrons. The fourth-order valence-electron chi connectivity index (χ4n) is 3.22. The van der Waals surface area contributed by atoms with E-state index in [-0.39, 0.29) is 5.84 Å². The summed E-state index contributed by atoms with van der Waals surface area (Å²) < 4.78 is 0. The molecule has 0 aromatic carbocycles. The van der Waals surface area contributed by atoms with E-state index in [1.165, 1.54) is 6.42 Å². The van der Waals surface area contributed by atoms with Crippen molar-refractivity contribution in [2.45, 2.75) is 59.0 Å². The smallest absolute Gasteiger partial charge is 0.174 e. The first-order valence-corrected chi connectivity index (χ1v) is 7.24. The Morgan fingerprint density at radius 3 is 2.80 bits per heavy atom. The van der Waals surface area contributed by atoms with Crippen LogP contribution in [0.4, 0.5) is 5.82 Å². The van der Waals surface area contributed by atoms with Gasteiger partial charge in [-0.15, -0.1) is 0 Å². The Morgan fingerprint density at radius 2 is 2.20 bits per heavy atom. The van der Waals surface area contributed by atoms with Gasteiger partial charge in [0.2, 0.25) is 0 Å². The van der Waals surface area contributed by atoms with Gasteiger partial charge in [0.1, 0.15) is 5.82 Å². The lowest BCUT2D eigenvalue weighted by Gasteiger charge is -2.31. The van der Waals surface area contributed by atoms with E-state index >= 15 is 0 Å². The van der Waals surface area contributed by atoms with Gasteiger partial charge in [0, 0.05) is 17.8 Å². The lowest BCUT2D eigenvalue weighted by molar-refractivity contribution is 0.318. The number of oxime groups is 1. The highest BCUT2D eigenvalue weighted by Crippen LogP contribution is 2.34. The first kappa shape index (κ1) is 14.6. The quantitative estimate of drug-likeness (QED) is 0.385. The second-order valence-corrected chi connectivity index (χ2v) is 5.66.